The van der Waals surface area contributed by atoms with Gasteiger partial charge in [-0.3, -0.25) is 0 Å². The molecule has 0 aromatic heterocycles. The zero-order chi connectivity index (χ0) is 15.1. The summed E-state index contributed by atoms with van der Waals surface area (Å²) in [6.07, 6.45) is 8.24. The fourth-order valence-electron chi connectivity index (χ4n) is 4.09. The van der Waals surface area contributed by atoms with Crippen molar-refractivity contribution in [2.45, 2.75) is 52.4 Å². The number of nitrogens with one attached hydrogen (secondary N) is 1. The zero-order valence-electron chi connectivity index (χ0n) is 14.5. The number of hydrogen-bond acceptors (Lipinski definition) is 3. The van der Waals surface area contributed by atoms with Crippen LogP contribution in [0.2, 0.25) is 0 Å². The van der Waals surface area contributed by atoms with Gasteiger partial charge in [0.05, 0.1) is 0 Å². The van der Waals surface area contributed by atoms with Crippen molar-refractivity contribution in [1.82, 2.24) is 10.2 Å². The molecule has 0 spiro atoms. The molecular weight excluding hydrogens is 260 g/mol. The molecular formula is C18H36N2O. The first-order chi connectivity index (χ1) is 10.1. The predicted molar refractivity (Wildman–Crippen MR) is 89.6 cm³/mol. The molecule has 124 valence electrons. The Morgan fingerprint density at radius 2 is 1.86 bits per heavy atom. The molecule has 2 fully saturated rings. The minimum absolute atomic E-state index is 0.431. The summed E-state index contributed by atoms with van der Waals surface area (Å²) in [5, 5.41) is 3.71. The molecule has 3 heteroatoms. The van der Waals surface area contributed by atoms with Crippen LogP contribution in [0.15, 0.2) is 0 Å². The SMILES string of the molecule is CC(C)CNCC1(CN(C)CC2CCCC2)CCOCC1. The monoisotopic (exact) mass is 296 g/mol. The maximum atomic E-state index is 5.62. The summed E-state index contributed by atoms with van der Waals surface area (Å²) in [6, 6.07) is 0. The molecule has 1 aliphatic carbocycles. The van der Waals surface area contributed by atoms with Crippen LogP contribution in [0.4, 0.5) is 0 Å². The molecule has 2 rings (SSSR count). The lowest BCUT2D eigenvalue weighted by Gasteiger charge is -2.41. The second kappa shape index (κ2) is 8.50. The highest BCUT2D eigenvalue weighted by Crippen LogP contribution is 2.32. The summed E-state index contributed by atoms with van der Waals surface area (Å²) in [5.41, 5.74) is 0.431. The summed E-state index contributed by atoms with van der Waals surface area (Å²) in [5.74, 6) is 1.69. The molecule has 21 heavy (non-hydrogen) atoms. The van der Waals surface area contributed by atoms with Crippen molar-refractivity contribution in [3.63, 3.8) is 0 Å². The van der Waals surface area contributed by atoms with Crippen molar-refractivity contribution in [1.29, 1.82) is 0 Å². The summed E-state index contributed by atoms with van der Waals surface area (Å²) < 4.78 is 5.62. The lowest BCUT2D eigenvalue weighted by atomic mass is 9.79. The normalized spacial score (nSPS) is 23.3. The van der Waals surface area contributed by atoms with E-state index in [9.17, 15) is 0 Å². The molecule has 0 amide bonds. The molecule has 0 bridgehead atoms. The van der Waals surface area contributed by atoms with Crippen molar-refractivity contribution < 1.29 is 4.74 Å². The molecule has 3 nitrogen and oxygen atoms in total. The van der Waals surface area contributed by atoms with Gasteiger partial charge in [-0.2, -0.15) is 0 Å². The van der Waals surface area contributed by atoms with Gasteiger partial charge in [0.15, 0.2) is 0 Å². The fraction of sp³-hybridized carbons (Fsp3) is 1.00. The van der Waals surface area contributed by atoms with Crippen LogP contribution in [0, 0.1) is 17.3 Å². The Hall–Kier alpha value is -0.120. The Morgan fingerprint density at radius 1 is 1.19 bits per heavy atom. The molecule has 1 saturated carbocycles. The van der Waals surface area contributed by atoms with Gasteiger partial charge in [-0.15, -0.1) is 0 Å². The first-order valence-electron chi connectivity index (χ1n) is 9.07. The van der Waals surface area contributed by atoms with Crippen LogP contribution in [0.25, 0.3) is 0 Å². The van der Waals surface area contributed by atoms with Gasteiger partial charge in [0.1, 0.15) is 0 Å². The van der Waals surface area contributed by atoms with Crippen LogP contribution in [0.3, 0.4) is 0 Å². The van der Waals surface area contributed by atoms with Crippen LogP contribution in [0.5, 0.6) is 0 Å². The van der Waals surface area contributed by atoms with Gasteiger partial charge >= 0.3 is 0 Å². The average Bonchev–Trinajstić information content (AvgIpc) is 2.91. The first kappa shape index (κ1) is 17.2. The summed E-state index contributed by atoms with van der Waals surface area (Å²) in [4.78, 5) is 2.61. The van der Waals surface area contributed by atoms with Gasteiger partial charge < -0.3 is 15.0 Å². The van der Waals surface area contributed by atoms with Crippen LogP contribution >= 0.6 is 0 Å². The minimum atomic E-state index is 0.431. The molecule has 0 aromatic carbocycles. The Kier molecular flexibility index (Phi) is 6.97. The topological polar surface area (TPSA) is 24.5 Å². The highest BCUT2D eigenvalue weighted by atomic mass is 16.5. The second-order valence-electron chi connectivity index (χ2n) is 7.98. The Bertz CT molecular complexity index is 281. The molecule has 2 aliphatic rings. The summed E-state index contributed by atoms with van der Waals surface area (Å²) in [6.45, 7) is 11.3. The van der Waals surface area contributed by atoms with E-state index >= 15 is 0 Å². The highest BCUT2D eigenvalue weighted by molar-refractivity contribution is 4.87. The Balaban J connectivity index is 1.82. The van der Waals surface area contributed by atoms with Crippen LogP contribution in [-0.4, -0.2) is 51.3 Å². The molecule has 0 atom stereocenters. The van der Waals surface area contributed by atoms with E-state index < -0.39 is 0 Å². The number of nitrogens with zero attached hydrogens (tertiary/aromatic N) is 1. The minimum Gasteiger partial charge on any atom is -0.381 e. The summed E-state index contributed by atoms with van der Waals surface area (Å²) >= 11 is 0. The lowest BCUT2D eigenvalue weighted by Crippen LogP contribution is -2.47. The predicted octanol–water partition coefficient (Wildman–Crippen LogP) is 3.15. The second-order valence-corrected chi connectivity index (χ2v) is 7.98. The Labute approximate surface area is 131 Å². The van der Waals surface area contributed by atoms with E-state index in [2.05, 4.69) is 31.1 Å². The third kappa shape index (κ3) is 5.88. The first-order valence-corrected chi connectivity index (χ1v) is 9.07. The summed E-state index contributed by atoms with van der Waals surface area (Å²) in [7, 11) is 2.33. The maximum Gasteiger partial charge on any atom is 0.0472 e. The van der Waals surface area contributed by atoms with Gasteiger partial charge in [-0.25, -0.2) is 0 Å². The zero-order valence-corrected chi connectivity index (χ0v) is 14.5. The van der Waals surface area contributed by atoms with E-state index in [0.29, 0.717) is 5.41 Å². The third-order valence-corrected chi connectivity index (χ3v) is 5.26. The van der Waals surface area contributed by atoms with Gasteiger partial charge in [-0.1, -0.05) is 26.7 Å². The molecule has 1 heterocycles. The quantitative estimate of drug-likeness (QED) is 0.744. The largest absolute Gasteiger partial charge is 0.381 e. The van der Waals surface area contributed by atoms with Crippen molar-refractivity contribution in [3.8, 4) is 0 Å². The molecule has 1 saturated heterocycles. The van der Waals surface area contributed by atoms with E-state index in [0.717, 1.165) is 38.1 Å². The standard InChI is InChI=1S/C18H36N2O/c1-16(2)12-19-14-18(8-10-21-11-9-18)15-20(3)13-17-6-4-5-7-17/h16-17,19H,4-15H2,1-3H3. The van der Waals surface area contributed by atoms with Crippen molar-refractivity contribution >= 4 is 0 Å². The van der Waals surface area contributed by atoms with E-state index in [4.69, 9.17) is 4.74 Å². The number of rotatable bonds is 8. The van der Waals surface area contributed by atoms with Gasteiger partial charge in [0.2, 0.25) is 0 Å². The smallest absolute Gasteiger partial charge is 0.0472 e. The van der Waals surface area contributed by atoms with Crippen LogP contribution in [0.1, 0.15) is 52.4 Å². The molecule has 1 aliphatic heterocycles. The van der Waals surface area contributed by atoms with Crippen LogP contribution in [-0.2, 0) is 4.74 Å². The van der Waals surface area contributed by atoms with E-state index in [-0.39, 0.29) is 0 Å². The fourth-order valence-corrected chi connectivity index (χ4v) is 4.09. The number of ether oxygens (including phenoxy) is 1. The molecule has 0 radical (unpaired) electrons. The molecule has 0 aromatic rings. The third-order valence-electron chi connectivity index (χ3n) is 5.26. The van der Waals surface area contributed by atoms with Gasteiger partial charge in [0, 0.05) is 32.8 Å². The average molecular weight is 296 g/mol. The van der Waals surface area contributed by atoms with Gasteiger partial charge in [-0.05, 0) is 56.5 Å². The highest BCUT2D eigenvalue weighted by Gasteiger charge is 2.34. The van der Waals surface area contributed by atoms with Crippen molar-refractivity contribution in [2.75, 3.05) is 46.4 Å². The van der Waals surface area contributed by atoms with E-state index in [1.807, 2.05) is 0 Å². The Morgan fingerprint density at radius 3 is 2.48 bits per heavy atom. The van der Waals surface area contributed by atoms with Gasteiger partial charge in [0.25, 0.3) is 0 Å². The molecule has 0 unspecified atom stereocenters. The van der Waals surface area contributed by atoms with Crippen molar-refractivity contribution in [2.24, 2.45) is 17.3 Å². The van der Waals surface area contributed by atoms with Crippen LogP contribution < -0.4 is 5.32 Å². The molecule has 1 N–H and O–H groups in total. The lowest BCUT2D eigenvalue weighted by molar-refractivity contribution is -0.00252. The number of hydrogen-bond donors (Lipinski definition) is 1. The van der Waals surface area contributed by atoms with Crippen molar-refractivity contribution in [3.05, 3.63) is 0 Å². The van der Waals surface area contributed by atoms with E-state index in [1.165, 1.54) is 51.6 Å². The van der Waals surface area contributed by atoms with E-state index in [1.54, 1.807) is 0 Å². The maximum absolute atomic E-state index is 5.62.